The number of hydrogen-bond donors (Lipinski definition) is 2. The lowest BCUT2D eigenvalue weighted by atomic mass is 9.95. The van der Waals surface area contributed by atoms with Crippen molar-refractivity contribution in [3.63, 3.8) is 0 Å². The summed E-state index contributed by atoms with van der Waals surface area (Å²) in [4.78, 5) is 11.2. The summed E-state index contributed by atoms with van der Waals surface area (Å²) in [6.45, 7) is 1.79. The van der Waals surface area contributed by atoms with E-state index in [1.807, 2.05) is 6.07 Å². The Kier molecular flexibility index (Phi) is 6.10. The number of halogens is 1. The predicted octanol–water partition coefficient (Wildman–Crippen LogP) is 1.24. The number of nitrogens with zero attached hydrogens (tertiary/aromatic N) is 1. The largest absolute Gasteiger partial charge is 0.466 e. The lowest BCUT2D eigenvalue weighted by Gasteiger charge is -2.19. The molecule has 0 aliphatic carbocycles. The van der Waals surface area contributed by atoms with Crippen LogP contribution in [-0.2, 0) is 16.0 Å². The van der Waals surface area contributed by atoms with Gasteiger partial charge in [-0.3, -0.25) is 4.79 Å². The van der Waals surface area contributed by atoms with Gasteiger partial charge in [0, 0.05) is 0 Å². The molecular formula is C14H16FNO4. The van der Waals surface area contributed by atoms with Crippen LogP contribution in [0.15, 0.2) is 18.2 Å². The molecule has 0 radical (unpaired) electrons. The van der Waals surface area contributed by atoms with Crippen LogP contribution >= 0.6 is 0 Å². The molecule has 0 bridgehead atoms. The Morgan fingerprint density at radius 2 is 2.20 bits per heavy atom. The average molecular weight is 281 g/mol. The van der Waals surface area contributed by atoms with Gasteiger partial charge in [0.05, 0.1) is 31.6 Å². The van der Waals surface area contributed by atoms with Crippen LogP contribution in [0.4, 0.5) is 4.39 Å². The highest BCUT2D eigenvalue weighted by atomic mass is 19.1. The first kappa shape index (κ1) is 16.1. The van der Waals surface area contributed by atoms with Gasteiger partial charge in [0.2, 0.25) is 0 Å². The maximum Gasteiger partial charge on any atom is 0.308 e. The summed E-state index contributed by atoms with van der Waals surface area (Å²) in [5.41, 5.74) is 0.507. The lowest BCUT2D eigenvalue weighted by molar-refractivity contribution is -0.147. The lowest BCUT2D eigenvalue weighted by Crippen LogP contribution is -2.24. The van der Waals surface area contributed by atoms with Crippen molar-refractivity contribution in [2.24, 2.45) is 0 Å². The van der Waals surface area contributed by atoms with E-state index in [1.54, 1.807) is 6.92 Å². The SMILES string of the molecule is CCOC(=O)CC(O)C(O)c1cc(F)ccc1CC#N. The Hall–Kier alpha value is -1.97. The number of ether oxygens (including phenoxy) is 1. The van der Waals surface area contributed by atoms with Crippen LogP contribution in [0.25, 0.3) is 0 Å². The van der Waals surface area contributed by atoms with E-state index in [1.165, 1.54) is 12.1 Å². The Bertz CT molecular complexity index is 512. The molecular weight excluding hydrogens is 265 g/mol. The molecule has 0 fully saturated rings. The monoisotopic (exact) mass is 281 g/mol. The van der Waals surface area contributed by atoms with Crippen LogP contribution in [0, 0.1) is 17.1 Å². The van der Waals surface area contributed by atoms with Crippen LogP contribution in [-0.4, -0.2) is 28.9 Å². The van der Waals surface area contributed by atoms with Crippen molar-refractivity contribution in [3.05, 3.63) is 35.1 Å². The van der Waals surface area contributed by atoms with Gasteiger partial charge in [0.25, 0.3) is 0 Å². The molecule has 0 aromatic heterocycles. The maximum absolute atomic E-state index is 13.2. The highest BCUT2D eigenvalue weighted by molar-refractivity contribution is 5.70. The molecule has 1 rings (SSSR count). The van der Waals surface area contributed by atoms with Crippen LogP contribution < -0.4 is 0 Å². The number of nitriles is 1. The minimum atomic E-state index is -1.46. The molecule has 2 N–H and O–H groups in total. The summed E-state index contributed by atoms with van der Waals surface area (Å²) in [5, 5.41) is 28.5. The van der Waals surface area contributed by atoms with Gasteiger partial charge in [-0.25, -0.2) is 4.39 Å². The molecule has 0 saturated heterocycles. The van der Waals surface area contributed by atoms with E-state index in [4.69, 9.17) is 5.26 Å². The van der Waals surface area contributed by atoms with Gasteiger partial charge < -0.3 is 14.9 Å². The summed E-state index contributed by atoms with van der Waals surface area (Å²) in [7, 11) is 0. The number of hydrogen-bond acceptors (Lipinski definition) is 5. The van der Waals surface area contributed by atoms with Crippen molar-refractivity contribution in [2.75, 3.05) is 6.61 Å². The topological polar surface area (TPSA) is 90.6 Å². The first-order valence-electron chi connectivity index (χ1n) is 6.16. The van der Waals surface area contributed by atoms with E-state index in [9.17, 15) is 19.4 Å². The Morgan fingerprint density at radius 3 is 2.80 bits per heavy atom. The van der Waals surface area contributed by atoms with Crippen molar-refractivity contribution in [1.29, 1.82) is 5.26 Å². The maximum atomic E-state index is 13.2. The van der Waals surface area contributed by atoms with Gasteiger partial charge in [-0.2, -0.15) is 5.26 Å². The number of carbonyl (C=O) groups is 1. The second-order valence-electron chi connectivity index (χ2n) is 4.20. The zero-order valence-corrected chi connectivity index (χ0v) is 11.0. The van der Waals surface area contributed by atoms with Gasteiger partial charge in [-0.05, 0) is 30.2 Å². The number of aliphatic hydroxyl groups excluding tert-OH is 2. The molecule has 0 amide bonds. The smallest absolute Gasteiger partial charge is 0.308 e. The Labute approximate surface area is 116 Å². The molecule has 6 heteroatoms. The third-order valence-corrected chi connectivity index (χ3v) is 2.74. The van der Waals surface area contributed by atoms with Crippen molar-refractivity contribution >= 4 is 5.97 Å². The summed E-state index contributed by atoms with van der Waals surface area (Å²) in [6, 6.07) is 5.48. The molecule has 2 atom stereocenters. The molecule has 1 aromatic rings. The van der Waals surface area contributed by atoms with Crippen molar-refractivity contribution < 1.29 is 24.1 Å². The second-order valence-corrected chi connectivity index (χ2v) is 4.20. The molecule has 108 valence electrons. The zero-order chi connectivity index (χ0) is 15.1. The zero-order valence-electron chi connectivity index (χ0n) is 11.0. The molecule has 0 aliphatic rings. The molecule has 2 unspecified atom stereocenters. The second kappa shape index (κ2) is 7.58. The average Bonchev–Trinajstić information content (AvgIpc) is 2.40. The number of benzene rings is 1. The predicted molar refractivity (Wildman–Crippen MR) is 67.9 cm³/mol. The van der Waals surface area contributed by atoms with Gasteiger partial charge in [-0.1, -0.05) is 6.07 Å². The van der Waals surface area contributed by atoms with Gasteiger partial charge >= 0.3 is 5.97 Å². The van der Waals surface area contributed by atoms with E-state index in [0.29, 0.717) is 5.56 Å². The minimum absolute atomic E-state index is 0.0290. The quantitative estimate of drug-likeness (QED) is 0.766. The number of aliphatic hydroxyl groups is 2. The van der Waals surface area contributed by atoms with Crippen LogP contribution in [0.3, 0.4) is 0 Å². The molecule has 20 heavy (non-hydrogen) atoms. The number of carbonyl (C=O) groups excluding carboxylic acids is 1. The van der Waals surface area contributed by atoms with Crippen LogP contribution in [0.5, 0.6) is 0 Å². The third kappa shape index (κ3) is 4.30. The fourth-order valence-corrected chi connectivity index (χ4v) is 1.80. The van der Waals surface area contributed by atoms with Crippen molar-refractivity contribution in [2.45, 2.75) is 32.0 Å². The van der Waals surface area contributed by atoms with Gasteiger partial charge in [-0.15, -0.1) is 0 Å². The van der Waals surface area contributed by atoms with Crippen molar-refractivity contribution in [3.8, 4) is 6.07 Å². The summed E-state index contributed by atoms with van der Waals surface area (Å²) in [5.74, 6) is -1.25. The summed E-state index contributed by atoms with van der Waals surface area (Å²) >= 11 is 0. The van der Waals surface area contributed by atoms with E-state index in [2.05, 4.69) is 4.74 Å². The standard InChI is InChI=1S/C14H16FNO4/c1-2-20-13(18)8-12(17)14(19)11-7-10(15)4-3-9(11)5-6-16/h3-4,7,12,14,17,19H,2,5,8H2,1H3. The summed E-state index contributed by atoms with van der Waals surface area (Å²) in [6.07, 6.45) is -3.32. The first-order chi connectivity index (χ1) is 9.49. The summed E-state index contributed by atoms with van der Waals surface area (Å²) < 4.78 is 17.9. The Morgan fingerprint density at radius 1 is 1.50 bits per heavy atom. The van der Waals surface area contributed by atoms with E-state index in [0.717, 1.165) is 6.07 Å². The molecule has 5 nitrogen and oxygen atoms in total. The van der Waals surface area contributed by atoms with E-state index < -0.39 is 30.4 Å². The molecule has 1 aromatic carbocycles. The minimum Gasteiger partial charge on any atom is -0.466 e. The first-order valence-corrected chi connectivity index (χ1v) is 6.16. The highest BCUT2D eigenvalue weighted by Gasteiger charge is 2.24. The normalized spacial score (nSPS) is 13.3. The fourth-order valence-electron chi connectivity index (χ4n) is 1.80. The fraction of sp³-hybridized carbons (Fsp3) is 0.429. The third-order valence-electron chi connectivity index (χ3n) is 2.74. The molecule has 0 heterocycles. The van der Waals surface area contributed by atoms with E-state index >= 15 is 0 Å². The van der Waals surface area contributed by atoms with Gasteiger partial charge in [0.1, 0.15) is 11.9 Å². The Balaban J connectivity index is 2.90. The van der Waals surface area contributed by atoms with Crippen LogP contribution in [0.1, 0.15) is 30.6 Å². The molecule has 0 saturated carbocycles. The highest BCUT2D eigenvalue weighted by Crippen LogP contribution is 2.24. The number of rotatable bonds is 6. The van der Waals surface area contributed by atoms with Crippen molar-refractivity contribution in [1.82, 2.24) is 0 Å². The van der Waals surface area contributed by atoms with E-state index in [-0.39, 0.29) is 18.6 Å². The molecule has 0 aliphatic heterocycles. The molecule has 0 spiro atoms. The number of esters is 1. The van der Waals surface area contributed by atoms with Crippen LogP contribution in [0.2, 0.25) is 0 Å². The van der Waals surface area contributed by atoms with Gasteiger partial charge in [0.15, 0.2) is 0 Å².